The van der Waals surface area contributed by atoms with Crippen LogP contribution in [0.4, 0.5) is 17.8 Å². The normalized spacial score (nSPS) is 19.6. The molecule has 0 bridgehead atoms. The second-order valence-corrected chi connectivity index (χ2v) is 10.1. The second kappa shape index (κ2) is 12.5. The van der Waals surface area contributed by atoms with E-state index >= 15 is 0 Å². The summed E-state index contributed by atoms with van der Waals surface area (Å²) in [5.74, 6) is 2.69. The van der Waals surface area contributed by atoms with Crippen LogP contribution in [0.2, 0.25) is 0 Å². The number of benzene rings is 1. The fraction of sp³-hybridized carbons (Fsp3) is 0.640. The molecule has 1 aliphatic heterocycles. The van der Waals surface area contributed by atoms with E-state index in [0.29, 0.717) is 36.5 Å². The summed E-state index contributed by atoms with van der Waals surface area (Å²) in [4.78, 5) is 16.7. The zero-order valence-electron chi connectivity index (χ0n) is 20.4. The third kappa shape index (κ3) is 6.95. The van der Waals surface area contributed by atoms with Gasteiger partial charge in [0.2, 0.25) is 17.8 Å². The molecular formula is C25H38BrN7O. The number of halogens is 1. The molecule has 2 heterocycles. The number of anilines is 3. The molecule has 1 saturated carbocycles. The molecule has 0 amide bonds. The largest absolute Gasteiger partial charge is 0.496 e. The van der Waals surface area contributed by atoms with Gasteiger partial charge in [-0.15, -0.1) is 0 Å². The summed E-state index contributed by atoms with van der Waals surface area (Å²) in [6.07, 6.45) is 9.99. The predicted molar refractivity (Wildman–Crippen MR) is 142 cm³/mol. The van der Waals surface area contributed by atoms with Gasteiger partial charge in [0.15, 0.2) is 0 Å². The van der Waals surface area contributed by atoms with Crippen molar-refractivity contribution in [2.75, 3.05) is 42.7 Å². The van der Waals surface area contributed by atoms with Gasteiger partial charge in [0.05, 0.1) is 11.6 Å². The van der Waals surface area contributed by atoms with Crippen LogP contribution in [0.3, 0.4) is 0 Å². The monoisotopic (exact) mass is 531 g/mol. The lowest BCUT2D eigenvalue weighted by Crippen LogP contribution is -2.35. The van der Waals surface area contributed by atoms with Crippen LogP contribution in [0.15, 0.2) is 22.7 Å². The van der Waals surface area contributed by atoms with E-state index in [1.807, 2.05) is 12.1 Å². The maximum atomic E-state index is 5.34. The smallest absolute Gasteiger partial charge is 0.229 e. The highest BCUT2D eigenvalue weighted by molar-refractivity contribution is 9.10. The Morgan fingerprint density at radius 3 is 2.41 bits per heavy atom. The standard InChI is InChI=1S/C25H38BrN7O/c1-3-33-14-8-11-20(33)17-28-24-30-23(27-16-18-12-13-22(34-2)21(26)15-18)31-25(32-24)29-19-9-6-4-5-7-10-19/h12-13,15,19-20H,3-11,14,16-17H2,1-2H3,(H3,27,28,29,30,31,32). The minimum absolute atomic E-state index is 0.425. The molecule has 1 aromatic heterocycles. The fourth-order valence-electron chi connectivity index (χ4n) is 4.96. The molecule has 9 heteroatoms. The SMILES string of the molecule is CCN1CCCC1CNc1nc(NCc2ccc(OC)c(Br)c2)nc(NC2CCCCCC2)n1. The van der Waals surface area contributed by atoms with Crippen LogP contribution >= 0.6 is 15.9 Å². The molecular weight excluding hydrogens is 494 g/mol. The average molecular weight is 533 g/mol. The molecule has 1 atom stereocenters. The summed E-state index contributed by atoms with van der Waals surface area (Å²) in [6.45, 7) is 5.96. The lowest BCUT2D eigenvalue weighted by molar-refractivity contribution is 0.277. The third-order valence-corrected chi connectivity index (χ3v) is 7.51. The molecule has 0 spiro atoms. The number of likely N-dealkylation sites (N-methyl/N-ethyl adjacent to an activating group) is 1. The molecule has 1 saturated heterocycles. The molecule has 3 N–H and O–H groups in total. The van der Waals surface area contributed by atoms with Crippen molar-refractivity contribution in [3.8, 4) is 5.75 Å². The Bertz CT molecular complexity index is 920. The van der Waals surface area contributed by atoms with Crippen molar-refractivity contribution in [1.82, 2.24) is 19.9 Å². The zero-order valence-corrected chi connectivity index (χ0v) is 22.0. The maximum absolute atomic E-state index is 5.34. The van der Waals surface area contributed by atoms with Gasteiger partial charge in [0.1, 0.15) is 5.75 Å². The summed E-state index contributed by atoms with van der Waals surface area (Å²) in [5.41, 5.74) is 1.12. The van der Waals surface area contributed by atoms with Crippen LogP contribution in [-0.4, -0.2) is 58.7 Å². The van der Waals surface area contributed by atoms with E-state index in [1.165, 1.54) is 57.9 Å². The summed E-state index contributed by atoms with van der Waals surface area (Å²) in [5, 5.41) is 10.5. The van der Waals surface area contributed by atoms with E-state index in [4.69, 9.17) is 14.7 Å². The Labute approximate surface area is 211 Å². The van der Waals surface area contributed by atoms with E-state index in [0.717, 1.165) is 28.9 Å². The minimum Gasteiger partial charge on any atom is -0.496 e. The average Bonchev–Trinajstić information content (AvgIpc) is 3.16. The molecule has 34 heavy (non-hydrogen) atoms. The van der Waals surface area contributed by atoms with E-state index < -0.39 is 0 Å². The van der Waals surface area contributed by atoms with Gasteiger partial charge in [-0.25, -0.2) is 0 Å². The number of likely N-dealkylation sites (tertiary alicyclic amines) is 1. The highest BCUT2D eigenvalue weighted by Crippen LogP contribution is 2.26. The second-order valence-electron chi connectivity index (χ2n) is 9.27. The molecule has 1 unspecified atom stereocenters. The van der Waals surface area contributed by atoms with Crippen LogP contribution in [0.5, 0.6) is 5.75 Å². The third-order valence-electron chi connectivity index (χ3n) is 6.89. The van der Waals surface area contributed by atoms with Gasteiger partial charge < -0.3 is 20.7 Å². The number of aromatic nitrogens is 3. The van der Waals surface area contributed by atoms with Gasteiger partial charge >= 0.3 is 0 Å². The highest BCUT2D eigenvalue weighted by atomic mass is 79.9. The van der Waals surface area contributed by atoms with Gasteiger partial charge in [0.25, 0.3) is 0 Å². The molecule has 2 aliphatic rings. The Kier molecular flexibility index (Phi) is 9.21. The van der Waals surface area contributed by atoms with Crippen molar-refractivity contribution in [3.63, 3.8) is 0 Å². The summed E-state index contributed by atoms with van der Waals surface area (Å²) >= 11 is 3.56. The van der Waals surface area contributed by atoms with Crippen LogP contribution in [0.1, 0.15) is 63.9 Å². The number of hydrogen-bond acceptors (Lipinski definition) is 8. The molecule has 2 fully saturated rings. The first-order valence-electron chi connectivity index (χ1n) is 12.7. The van der Waals surface area contributed by atoms with Crippen molar-refractivity contribution in [3.05, 3.63) is 28.2 Å². The Balaban J connectivity index is 1.46. The van der Waals surface area contributed by atoms with Crippen LogP contribution in [0.25, 0.3) is 0 Å². The molecule has 4 rings (SSSR count). The Morgan fingerprint density at radius 2 is 1.71 bits per heavy atom. The number of rotatable bonds is 10. The van der Waals surface area contributed by atoms with Gasteiger partial charge in [-0.05, 0) is 72.4 Å². The maximum Gasteiger partial charge on any atom is 0.229 e. The number of nitrogens with one attached hydrogen (secondary N) is 3. The number of methoxy groups -OCH3 is 1. The molecule has 0 radical (unpaired) electrons. The summed E-state index contributed by atoms with van der Waals surface area (Å²) < 4.78 is 6.27. The van der Waals surface area contributed by atoms with Gasteiger partial charge in [-0.2, -0.15) is 15.0 Å². The first kappa shape index (κ1) is 25.0. The van der Waals surface area contributed by atoms with Crippen LogP contribution in [-0.2, 0) is 6.54 Å². The molecule has 8 nitrogen and oxygen atoms in total. The van der Waals surface area contributed by atoms with Crippen molar-refractivity contribution >= 4 is 33.8 Å². The quantitative estimate of drug-likeness (QED) is 0.356. The topological polar surface area (TPSA) is 87.2 Å². The first-order chi connectivity index (χ1) is 16.6. The first-order valence-corrected chi connectivity index (χ1v) is 13.5. The van der Waals surface area contributed by atoms with E-state index in [1.54, 1.807) is 7.11 Å². The van der Waals surface area contributed by atoms with Crippen LogP contribution < -0.4 is 20.7 Å². The van der Waals surface area contributed by atoms with Crippen molar-refractivity contribution in [2.24, 2.45) is 0 Å². The number of hydrogen-bond donors (Lipinski definition) is 3. The van der Waals surface area contributed by atoms with Crippen LogP contribution in [0, 0.1) is 0 Å². The van der Waals surface area contributed by atoms with Gasteiger partial charge in [0, 0.05) is 25.2 Å². The lowest BCUT2D eigenvalue weighted by Gasteiger charge is -2.23. The number of nitrogens with zero attached hydrogens (tertiary/aromatic N) is 4. The van der Waals surface area contributed by atoms with Gasteiger partial charge in [-0.1, -0.05) is 38.7 Å². The van der Waals surface area contributed by atoms with E-state index in [2.05, 4.69) is 54.8 Å². The van der Waals surface area contributed by atoms with Crippen molar-refractivity contribution in [2.45, 2.75) is 76.9 Å². The number of ether oxygens (including phenoxy) is 1. The highest BCUT2D eigenvalue weighted by Gasteiger charge is 2.23. The summed E-state index contributed by atoms with van der Waals surface area (Å²) in [6, 6.07) is 7.01. The Hall–Kier alpha value is -2.13. The van der Waals surface area contributed by atoms with E-state index in [-0.39, 0.29) is 0 Å². The zero-order chi connectivity index (χ0) is 23.8. The predicted octanol–water partition coefficient (Wildman–Crippen LogP) is 5.29. The minimum atomic E-state index is 0.425. The van der Waals surface area contributed by atoms with E-state index in [9.17, 15) is 0 Å². The molecule has 186 valence electrons. The Morgan fingerprint density at radius 1 is 0.971 bits per heavy atom. The molecule has 1 aromatic carbocycles. The fourth-order valence-corrected chi connectivity index (χ4v) is 5.55. The molecule has 1 aliphatic carbocycles. The van der Waals surface area contributed by atoms with Crippen molar-refractivity contribution in [1.29, 1.82) is 0 Å². The molecule has 2 aromatic rings. The summed E-state index contributed by atoms with van der Waals surface area (Å²) in [7, 11) is 1.67. The van der Waals surface area contributed by atoms with Crippen molar-refractivity contribution < 1.29 is 4.74 Å². The lowest BCUT2D eigenvalue weighted by atomic mass is 10.1. The van der Waals surface area contributed by atoms with Gasteiger partial charge in [-0.3, -0.25) is 4.90 Å².